The minimum absolute atomic E-state index is 0.188. The van der Waals surface area contributed by atoms with Gasteiger partial charge in [0.15, 0.2) is 0 Å². The summed E-state index contributed by atoms with van der Waals surface area (Å²) in [6.07, 6.45) is 15.5. The zero-order chi connectivity index (χ0) is 21.0. The zero-order valence-electron chi connectivity index (χ0n) is 19.7. The summed E-state index contributed by atoms with van der Waals surface area (Å²) in [6, 6.07) is 0. The normalized spacial score (nSPS) is 48.2. The molecule has 0 amide bonds. The predicted octanol–water partition coefficient (Wildman–Crippen LogP) is 8.19. The summed E-state index contributed by atoms with van der Waals surface area (Å²) in [7, 11) is 0. The van der Waals surface area contributed by atoms with Crippen LogP contribution in [0, 0.1) is 46.3 Å². The number of fused-ring (bicyclic) bond motifs is 5. The highest BCUT2D eigenvalue weighted by atomic mass is 79.9. The molecule has 0 aromatic carbocycles. The van der Waals surface area contributed by atoms with E-state index in [1.807, 2.05) is 0 Å². The Morgan fingerprint density at radius 3 is 2.41 bits per heavy atom. The molecule has 4 aliphatic carbocycles. The van der Waals surface area contributed by atoms with Crippen molar-refractivity contribution in [3.63, 3.8) is 0 Å². The molecule has 4 rings (SSSR count). The van der Waals surface area contributed by atoms with Crippen molar-refractivity contribution in [1.29, 1.82) is 0 Å². The summed E-state index contributed by atoms with van der Waals surface area (Å²) in [6.45, 7) is 12.4. The van der Waals surface area contributed by atoms with Gasteiger partial charge in [-0.2, -0.15) is 0 Å². The summed E-state index contributed by atoms with van der Waals surface area (Å²) in [5, 5.41) is 0. The van der Waals surface area contributed by atoms with E-state index >= 15 is 0 Å². The van der Waals surface area contributed by atoms with Crippen LogP contribution in [0.4, 0.5) is 0 Å². The molecule has 2 heteroatoms. The molecule has 0 aromatic heterocycles. The van der Waals surface area contributed by atoms with Crippen molar-refractivity contribution in [2.45, 2.75) is 116 Å². The standard InChI is InChI=1S/C27H45BrO/c1-18(2)9-8-10-19(3)21-11-12-22-20-17-24(29)27(28)15-7-6-14-26(27,5)23(20)13-16-25(21,22)4/h18-23H,6-17H2,1-5H3/t19-,20+,21+,22-,23-,25-,26-,27+/m1/s1. The van der Waals surface area contributed by atoms with Gasteiger partial charge in [-0.1, -0.05) is 82.7 Å². The van der Waals surface area contributed by atoms with Gasteiger partial charge in [-0.05, 0) is 84.9 Å². The lowest BCUT2D eigenvalue weighted by molar-refractivity contribution is -0.148. The van der Waals surface area contributed by atoms with E-state index in [-0.39, 0.29) is 9.74 Å². The minimum Gasteiger partial charge on any atom is -0.298 e. The molecule has 4 aliphatic rings. The molecule has 0 heterocycles. The molecule has 0 unspecified atom stereocenters. The van der Waals surface area contributed by atoms with Crippen LogP contribution in [0.25, 0.3) is 0 Å². The lowest BCUT2D eigenvalue weighted by Crippen LogP contribution is -2.62. The fourth-order valence-electron chi connectivity index (χ4n) is 9.05. The van der Waals surface area contributed by atoms with E-state index in [1.165, 1.54) is 64.2 Å². The van der Waals surface area contributed by atoms with Crippen LogP contribution in [-0.2, 0) is 4.79 Å². The molecule has 4 saturated carbocycles. The number of Topliss-reactive ketones (excluding diaryl/α,β-unsaturated/α-hetero) is 1. The Balaban J connectivity index is 1.53. The van der Waals surface area contributed by atoms with Gasteiger partial charge in [-0.25, -0.2) is 0 Å². The molecule has 1 nitrogen and oxygen atoms in total. The van der Waals surface area contributed by atoms with Gasteiger partial charge in [0, 0.05) is 6.42 Å². The first-order valence-electron chi connectivity index (χ1n) is 12.9. The third kappa shape index (κ3) is 3.41. The van der Waals surface area contributed by atoms with Crippen molar-refractivity contribution in [3.05, 3.63) is 0 Å². The summed E-state index contributed by atoms with van der Waals surface area (Å²) < 4.78 is -0.213. The largest absolute Gasteiger partial charge is 0.298 e. The summed E-state index contributed by atoms with van der Waals surface area (Å²) in [5.41, 5.74) is 0.670. The van der Waals surface area contributed by atoms with E-state index in [0.717, 1.165) is 42.4 Å². The highest BCUT2D eigenvalue weighted by molar-refractivity contribution is 9.10. The molecule has 0 aliphatic heterocycles. The fraction of sp³-hybridized carbons (Fsp3) is 0.963. The minimum atomic E-state index is -0.213. The SMILES string of the molecule is CC(C)CCC[C@@H](C)[C@@H]1CC[C@@H]2[C@@H]3CC(=O)[C@@]4(Br)CCCC[C@]4(C)[C@@H]3CC[C@@]21C. The number of hydrogen-bond donors (Lipinski definition) is 0. The third-order valence-electron chi connectivity index (χ3n) is 10.7. The number of carbonyl (C=O) groups is 1. The van der Waals surface area contributed by atoms with E-state index in [4.69, 9.17) is 0 Å². The highest BCUT2D eigenvalue weighted by Gasteiger charge is 2.66. The average Bonchev–Trinajstić information content (AvgIpc) is 3.01. The molecule has 0 spiro atoms. The van der Waals surface area contributed by atoms with Crippen molar-refractivity contribution in [3.8, 4) is 0 Å². The van der Waals surface area contributed by atoms with Gasteiger partial charge in [-0.3, -0.25) is 4.79 Å². The van der Waals surface area contributed by atoms with Crippen LogP contribution in [0.3, 0.4) is 0 Å². The number of hydrogen-bond acceptors (Lipinski definition) is 1. The topological polar surface area (TPSA) is 17.1 Å². The molecule has 0 radical (unpaired) electrons. The predicted molar refractivity (Wildman–Crippen MR) is 126 cm³/mol. The molecule has 166 valence electrons. The Hall–Kier alpha value is 0.150. The molecule has 0 N–H and O–H groups in total. The number of carbonyl (C=O) groups excluding carboxylic acids is 1. The highest BCUT2D eigenvalue weighted by Crippen LogP contribution is 2.70. The second-order valence-electron chi connectivity index (χ2n) is 12.5. The van der Waals surface area contributed by atoms with E-state index in [9.17, 15) is 4.79 Å². The van der Waals surface area contributed by atoms with Gasteiger partial charge in [0.25, 0.3) is 0 Å². The van der Waals surface area contributed by atoms with Gasteiger partial charge in [-0.15, -0.1) is 0 Å². The van der Waals surface area contributed by atoms with Gasteiger partial charge >= 0.3 is 0 Å². The second-order valence-corrected chi connectivity index (χ2v) is 13.8. The van der Waals surface area contributed by atoms with Crippen molar-refractivity contribution >= 4 is 21.7 Å². The summed E-state index contributed by atoms with van der Waals surface area (Å²) >= 11 is 4.07. The van der Waals surface area contributed by atoms with E-state index in [1.54, 1.807) is 0 Å². The molecule has 0 bridgehead atoms. The molecule has 29 heavy (non-hydrogen) atoms. The molecule has 4 fully saturated rings. The van der Waals surface area contributed by atoms with Crippen molar-refractivity contribution in [2.75, 3.05) is 0 Å². The number of alkyl halides is 1. The van der Waals surface area contributed by atoms with Gasteiger partial charge in [0.1, 0.15) is 5.78 Å². The summed E-state index contributed by atoms with van der Waals surface area (Å²) in [4.78, 5) is 13.5. The third-order valence-corrected chi connectivity index (χ3v) is 12.4. The summed E-state index contributed by atoms with van der Waals surface area (Å²) in [5.74, 6) is 5.32. The quantitative estimate of drug-likeness (QED) is 0.374. The molecular formula is C27H45BrO. The maximum absolute atomic E-state index is 13.5. The Morgan fingerprint density at radius 1 is 0.966 bits per heavy atom. The number of halogens is 1. The zero-order valence-corrected chi connectivity index (χ0v) is 21.3. The van der Waals surface area contributed by atoms with E-state index < -0.39 is 0 Å². The van der Waals surface area contributed by atoms with Crippen LogP contribution in [-0.4, -0.2) is 10.1 Å². The average molecular weight is 466 g/mol. The Bertz CT molecular complexity index is 628. The van der Waals surface area contributed by atoms with Crippen molar-refractivity contribution < 1.29 is 4.79 Å². The molecule has 8 atom stereocenters. The Labute approximate surface area is 188 Å². The molecular weight excluding hydrogens is 420 g/mol. The fourth-order valence-corrected chi connectivity index (χ4v) is 9.98. The number of rotatable bonds is 5. The van der Waals surface area contributed by atoms with Crippen molar-refractivity contribution in [1.82, 2.24) is 0 Å². The van der Waals surface area contributed by atoms with E-state index in [2.05, 4.69) is 50.5 Å². The van der Waals surface area contributed by atoms with Gasteiger partial charge in [0.2, 0.25) is 0 Å². The molecule has 0 aromatic rings. The Kier molecular flexibility index (Phi) is 6.11. The maximum atomic E-state index is 13.5. The lowest BCUT2D eigenvalue weighted by atomic mass is 9.44. The lowest BCUT2D eigenvalue weighted by Gasteiger charge is -2.63. The maximum Gasteiger partial charge on any atom is 0.150 e. The van der Waals surface area contributed by atoms with Crippen molar-refractivity contribution in [2.24, 2.45) is 46.3 Å². The molecule has 0 saturated heterocycles. The van der Waals surface area contributed by atoms with Gasteiger partial charge < -0.3 is 0 Å². The smallest absolute Gasteiger partial charge is 0.150 e. The van der Waals surface area contributed by atoms with Crippen LogP contribution < -0.4 is 0 Å². The van der Waals surface area contributed by atoms with Crippen LogP contribution in [0.15, 0.2) is 0 Å². The first-order chi connectivity index (χ1) is 13.6. The van der Waals surface area contributed by atoms with Crippen LogP contribution in [0.5, 0.6) is 0 Å². The van der Waals surface area contributed by atoms with Crippen LogP contribution in [0.1, 0.15) is 112 Å². The first-order valence-corrected chi connectivity index (χ1v) is 13.6. The van der Waals surface area contributed by atoms with Crippen LogP contribution in [0.2, 0.25) is 0 Å². The second kappa shape index (κ2) is 7.93. The monoisotopic (exact) mass is 464 g/mol. The number of ketones is 1. The van der Waals surface area contributed by atoms with Crippen LogP contribution >= 0.6 is 15.9 Å². The van der Waals surface area contributed by atoms with Gasteiger partial charge in [0.05, 0.1) is 4.32 Å². The van der Waals surface area contributed by atoms with E-state index in [0.29, 0.717) is 17.1 Å². The Morgan fingerprint density at radius 2 is 1.69 bits per heavy atom. The first kappa shape index (κ1) is 22.3.